The highest BCUT2D eigenvalue weighted by atomic mass is 35.5. The molecular weight excluding hydrogens is 643 g/mol. The number of nitrogens with one attached hydrogen (secondary N) is 2. The quantitative estimate of drug-likeness (QED) is 0.305. The van der Waals surface area contributed by atoms with E-state index < -0.39 is 41.3 Å². The monoisotopic (exact) mass is 690 g/mol. The van der Waals surface area contributed by atoms with Gasteiger partial charge in [-0.25, -0.2) is 4.39 Å². The predicted octanol–water partition coefficient (Wildman–Crippen LogP) is 5.85. The maximum Gasteiger partial charge on any atom is 0.246 e. The van der Waals surface area contributed by atoms with Crippen molar-refractivity contribution in [2.24, 2.45) is 29.6 Å². The molecule has 0 radical (unpaired) electrons. The van der Waals surface area contributed by atoms with Crippen LogP contribution < -0.4 is 10.6 Å². The highest BCUT2D eigenvalue weighted by Crippen LogP contribution is 2.55. The van der Waals surface area contributed by atoms with Crippen LogP contribution in [-0.4, -0.2) is 77.5 Å². The fraction of sp³-hybridized carbons (Fsp3) is 0.564. The van der Waals surface area contributed by atoms with E-state index in [4.69, 9.17) is 16.3 Å². The number of ether oxygens (including phenoxy) is 1. The van der Waals surface area contributed by atoms with Crippen LogP contribution in [0.2, 0.25) is 5.02 Å². The molecule has 49 heavy (non-hydrogen) atoms. The van der Waals surface area contributed by atoms with Crippen molar-refractivity contribution in [3.63, 3.8) is 0 Å². The molecule has 8 unspecified atom stereocenters. The lowest BCUT2D eigenvalue weighted by atomic mass is 9.73. The van der Waals surface area contributed by atoms with Gasteiger partial charge in [0.05, 0.1) is 23.0 Å². The summed E-state index contributed by atoms with van der Waals surface area (Å²) in [6.07, 6.45) is 10.2. The molecule has 0 aromatic heterocycles. The second kappa shape index (κ2) is 14.2. The van der Waals surface area contributed by atoms with Gasteiger partial charge < -0.3 is 25.2 Å². The summed E-state index contributed by atoms with van der Waals surface area (Å²) in [5.74, 6) is -1.62. The fourth-order valence-electron chi connectivity index (χ4n) is 9.18. The lowest BCUT2D eigenvalue weighted by molar-refractivity contribution is -0.141. The van der Waals surface area contributed by atoms with Crippen LogP contribution in [0.3, 0.4) is 0 Å². The second-order valence-electron chi connectivity index (χ2n) is 15.1. The summed E-state index contributed by atoms with van der Waals surface area (Å²) in [5, 5.41) is 6.05. The first kappa shape index (κ1) is 34.2. The summed E-state index contributed by atoms with van der Waals surface area (Å²) >= 11 is 5.98. The zero-order chi connectivity index (χ0) is 34.3. The minimum atomic E-state index is -1.23. The van der Waals surface area contributed by atoms with Crippen molar-refractivity contribution in [3.05, 3.63) is 77.1 Å². The van der Waals surface area contributed by atoms with Gasteiger partial charge >= 0.3 is 0 Å². The number of nitrogens with zero attached hydrogens (tertiary/aromatic N) is 2. The van der Waals surface area contributed by atoms with Crippen molar-refractivity contribution in [1.82, 2.24) is 15.1 Å². The summed E-state index contributed by atoms with van der Waals surface area (Å²) in [7, 11) is 0. The van der Waals surface area contributed by atoms with Crippen LogP contribution in [0.4, 0.5) is 10.1 Å². The first-order valence-corrected chi connectivity index (χ1v) is 18.5. The molecule has 1 aliphatic carbocycles. The molecular formula is C39H48ClFN4O4. The molecule has 1 spiro atoms. The van der Waals surface area contributed by atoms with Crippen LogP contribution in [0.1, 0.15) is 57.9 Å². The first-order valence-electron chi connectivity index (χ1n) is 18.1. The minimum Gasteiger partial charge on any atom is -0.359 e. The number of hydrogen-bond acceptors (Lipinski definition) is 5. The number of fused-ring (bicyclic) bond motifs is 1. The van der Waals surface area contributed by atoms with Crippen molar-refractivity contribution >= 4 is 35.0 Å². The summed E-state index contributed by atoms with van der Waals surface area (Å²) in [5.41, 5.74) is 0.494. The first-order chi connectivity index (χ1) is 23.6. The lowest BCUT2D eigenvalue weighted by Crippen LogP contribution is -2.58. The number of carbonyl (C=O) groups is 3. The molecule has 5 aliphatic rings. The normalized spacial score (nSPS) is 32.8. The number of rotatable bonds is 10. The van der Waals surface area contributed by atoms with E-state index in [0.717, 1.165) is 64.6 Å². The van der Waals surface area contributed by atoms with Crippen molar-refractivity contribution in [3.8, 4) is 0 Å². The van der Waals surface area contributed by atoms with Gasteiger partial charge in [-0.15, -0.1) is 0 Å². The lowest BCUT2D eigenvalue weighted by Gasteiger charge is -2.38. The Balaban J connectivity index is 1.06. The Hall–Kier alpha value is -3.27. The van der Waals surface area contributed by atoms with E-state index >= 15 is 0 Å². The average Bonchev–Trinajstić information content (AvgIpc) is 3.73. The van der Waals surface area contributed by atoms with Gasteiger partial charge in [-0.3, -0.25) is 14.4 Å². The number of piperidine rings is 1. The van der Waals surface area contributed by atoms with Crippen molar-refractivity contribution in [2.45, 2.75) is 82.6 Å². The molecule has 4 aliphatic heterocycles. The summed E-state index contributed by atoms with van der Waals surface area (Å²) in [6.45, 7) is 7.69. The van der Waals surface area contributed by atoms with Crippen molar-refractivity contribution in [2.75, 3.05) is 31.5 Å². The number of likely N-dealkylation sites (tertiary alicyclic amines) is 2. The van der Waals surface area contributed by atoms with E-state index in [2.05, 4.69) is 59.7 Å². The SMILES string of the molecule is CC1CCCC(NC(=O)C2N(CCCN3CCC(Cc4ccccc4)CC3)C(=O)C3C(C(=O)Nc4ccc(F)c(Cl)c4)C4C=CC32O4)C1C. The zero-order valence-electron chi connectivity index (χ0n) is 28.5. The standard InChI is InChI=1S/C39H48ClFN4O4/c1-24-8-6-11-31(25(24)2)43-37(47)35-39-17-14-32(49-39)33(36(46)42-28-12-13-30(41)29(40)23-28)34(39)38(48)45(35)19-7-18-44-20-15-27(16-21-44)22-26-9-4-3-5-10-26/h3-5,9-10,12-14,17,23-25,27,31-35H,6-8,11,15-16,18-22H2,1-2H3,(H,42,46)(H,43,47). The molecule has 3 saturated heterocycles. The summed E-state index contributed by atoms with van der Waals surface area (Å²) in [6, 6.07) is 13.8. The Morgan fingerprint density at radius 1 is 1.02 bits per heavy atom. The van der Waals surface area contributed by atoms with Gasteiger partial charge in [0.25, 0.3) is 0 Å². The van der Waals surface area contributed by atoms with Crippen LogP contribution in [-0.2, 0) is 25.5 Å². The average molecular weight is 691 g/mol. The number of halogens is 2. The molecule has 2 aromatic rings. The van der Waals surface area contributed by atoms with E-state index in [-0.39, 0.29) is 22.9 Å². The largest absolute Gasteiger partial charge is 0.359 e. The molecule has 2 N–H and O–H groups in total. The molecule has 2 aromatic carbocycles. The molecule has 4 fully saturated rings. The third kappa shape index (κ3) is 6.66. The summed E-state index contributed by atoms with van der Waals surface area (Å²) < 4.78 is 20.3. The highest BCUT2D eigenvalue weighted by Gasteiger charge is 2.72. The van der Waals surface area contributed by atoms with Gasteiger partial charge in [0.1, 0.15) is 17.5 Å². The molecule has 4 heterocycles. The molecule has 1 saturated carbocycles. The topological polar surface area (TPSA) is 91.0 Å². The van der Waals surface area contributed by atoms with Crippen LogP contribution >= 0.6 is 11.6 Å². The second-order valence-corrected chi connectivity index (χ2v) is 15.5. The molecule has 2 bridgehead atoms. The van der Waals surface area contributed by atoms with Gasteiger partial charge in [-0.1, -0.05) is 80.8 Å². The molecule has 10 heteroatoms. The Labute approximate surface area is 293 Å². The van der Waals surface area contributed by atoms with Crippen LogP contribution in [0.15, 0.2) is 60.7 Å². The van der Waals surface area contributed by atoms with Crippen LogP contribution in [0.25, 0.3) is 0 Å². The Kier molecular flexibility index (Phi) is 9.88. The van der Waals surface area contributed by atoms with Gasteiger partial charge in [-0.05, 0) is 93.3 Å². The Bertz CT molecular complexity index is 1580. The van der Waals surface area contributed by atoms with Crippen LogP contribution in [0, 0.1) is 35.4 Å². The van der Waals surface area contributed by atoms with Gasteiger partial charge in [0, 0.05) is 18.3 Å². The smallest absolute Gasteiger partial charge is 0.246 e. The molecule has 3 amide bonds. The molecule has 7 rings (SSSR count). The zero-order valence-corrected chi connectivity index (χ0v) is 29.2. The third-order valence-electron chi connectivity index (χ3n) is 12.1. The van der Waals surface area contributed by atoms with E-state index in [1.54, 1.807) is 4.90 Å². The number of anilines is 1. The Morgan fingerprint density at radius 3 is 2.55 bits per heavy atom. The van der Waals surface area contributed by atoms with Gasteiger partial charge in [0.2, 0.25) is 17.7 Å². The van der Waals surface area contributed by atoms with Crippen molar-refractivity contribution in [1.29, 1.82) is 0 Å². The number of benzene rings is 2. The highest BCUT2D eigenvalue weighted by molar-refractivity contribution is 6.31. The maximum absolute atomic E-state index is 14.4. The van der Waals surface area contributed by atoms with E-state index in [1.807, 2.05) is 12.2 Å². The molecule has 8 atom stereocenters. The van der Waals surface area contributed by atoms with E-state index in [1.165, 1.54) is 23.8 Å². The summed E-state index contributed by atoms with van der Waals surface area (Å²) in [4.78, 5) is 46.7. The Morgan fingerprint density at radius 2 is 1.80 bits per heavy atom. The van der Waals surface area contributed by atoms with Gasteiger partial charge in [-0.2, -0.15) is 0 Å². The molecule has 8 nitrogen and oxygen atoms in total. The fourth-order valence-corrected chi connectivity index (χ4v) is 9.36. The number of hydrogen-bond donors (Lipinski definition) is 2. The number of carbonyl (C=O) groups excluding carboxylic acids is 3. The van der Waals surface area contributed by atoms with E-state index in [9.17, 15) is 18.8 Å². The maximum atomic E-state index is 14.4. The van der Waals surface area contributed by atoms with Gasteiger partial charge in [0.15, 0.2) is 0 Å². The van der Waals surface area contributed by atoms with Crippen molar-refractivity contribution < 1.29 is 23.5 Å². The molecule has 262 valence electrons. The number of amides is 3. The third-order valence-corrected chi connectivity index (χ3v) is 12.4. The minimum absolute atomic E-state index is 0.0192. The predicted molar refractivity (Wildman–Crippen MR) is 187 cm³/mol. The van der Waals surface area contributed by atoms with E-state index in [0.29, 0.717) is 30.0 Å². The van der Waals surface area contributed by atoms with Crippen LogP contribution in [0.5, 0.6) is 0 Å².